The van der Waals surface area contributed by atoms with Crippen LogP contribution in [0.15, 0.2) is 192 Å². The quantitative estimate of drug-likeness (QED) is 0.105. The highest BCUT2D eigenvalue weighted by molar-refractivity contribution is 7.30. The van der Waals surface area contributed by atoms with Gasteiger partial charge in [-0.1, -0.05) is 140 Å². The minimum absolute atomic E-state index is 0.163. The van der Waals surface area contributed by atoms with E-state index in [0.29, 0.717) is 5.84 Å². The molecule has 9 aromatic carbocycles. The van der Waals surface area contributed by atoms with E-state index in [1.807, 2.05) is 47.9 Å². The molecule has 0 saturated carbocycles. The van der Waals surface area contributed by atoms with Crippen molar-refractivity contribution < 1.29 is 0 Å². The van der Waals surface area contributed by atoms with Gasteiger partial charge in [-0.05, 0) is 69.6 Å². The molecule has 3 aromatic heterocycles. The number of thiophene rings is 2. The summed E-state index contributed by atoms with van der Waals surface area (Å²) in [6, 6.07) is 64.2. The summed E-state index contributed by atoms with van der Waals surface area (Å²) in [5, 5.41) is 21.9. The molecule has 0 fully saturated rings. The second-order valence-corrected chi connectivity index (χ2v) is 17.0. The van der Waals surface area contributed by atoms with Crippen molar-refractivity contribution in [1.29, 1.82) is 5.41 Å². The van der Waals surface area contributed by atoms with E-state index < -0.39 is 0 Å². The van der Waals surface area contributed by atoms with E-state index in [-0.39, 0.29) is 5.84 Å². The maximum Gasteiger partial charge on any atom is 0.161 e. The molecule has 0 unspecified atom stereocenters. The summed E-state index contributed by atoms with van der Waals surface area (Å²) in [4.78, 5) is 10.2. The molecule has 0 aliphatic heterocycles. The average Bonchev–Trinajstić information content (AvgIpc) is 3.97. The summed E-state index contributed by atoms with van der Waals surface area (Å²) in [6.45, 7) is 0. The Hall–Kier alpha value is -7.25. The van der Waals surface area contributed by atoms with Gasteiger partial charge in [-0.2, -0.15) is 0 Å². The van der Waals surface area contributed by atoms with Crippen LogP contribution in [0.4, 0.5) is 0 Å². The Morgan fingerprint density at radius 1 is 0.492 bits per heavy atom. The highest BCUT2D eigenvalue weighted by Crippen LogP contribution is 2.46. The Balaban J connectivity index is 1.12. The zero-order valence-corrected chi connectivity index (χ0v) is 33.2. The van der Waals surface area contributed by atoms with E-state index in [0.717, 1.165) is 48.9 Å². The molecule has 0 atom stereocenters. The zero-order valence-electron chi connectivity index (χ0n) is 31.6. The van der Waals surface area contributed by atoms with Crippen LogP contribution in [0.5, 0.6) is 0 Å². The summed E-state index contributed by atoms with van der Waals surface area (Å²) in [7, 11) is 0. The summed E-state index contributed by atoms with van der Waals surface area (Å²) < 4.78 is 7.13. The number of benzene rings is 9. The molecule has 1 N–H and O–H groups in total. The number of aromatic nitrogens is 1. The number of nitrogens with zero attached hydrogens (tertiary/aromatic N) is 3. The predicted octanol–water partition coefficient (Wildman–Crippen LogP) is 14.7. The number of rotatable bonds is 4. The van der Waals surface area contributed by atoms with Crippen molar-refractivity contribution in [2.45, 2.75) is 0 Å². The lowest BCUT2D eigenvalue weighted by molar-refractivity contribution is 1.18. The lowest BCUT2D eigenvalue weighted by Gasteiger charge is -2.12. The number of amidine groups is 2. The van der Waals surface area contributed by atoms with Gasteiger partial charge in [0.05, 0.1) is 11.0 Å². The number of nitrogens with one attached hydrogen (secondary N) is 1. The molecule has 0 bridgehead atoms. The van der Waals surface area contributed by atoms with Gasteiger partial charge in [-0.15, -0.1) is 22.7 Å². The van der Waals surface area contributed by atoms with E-state index in [2.05, 4.69) is 156 Å². The van der Waals surface area contributed by atoms with E-state index in [4.69, 9.17) is 9.98 Å². The second kappa shape index (κ2) is 13.4. The molecule has 6 heteroatoms. The minimum Gasteiger partial charge on any atom is -0.309 e. The first-order chi connectivity index (χ1) is 29.2. The van der Waals surface area contributed by atoms with E-state index in [1.54, 1.807) is 11.3 Å². The smallest absolute Gasteiger partial charge is 0.161 e. The van der Waals surface area contributed by atoms with Gasteiger partial charge in [0.2, 0.25) is 0 Å². The molecular weight excluding hydrogens is 757 g/mol. The summed E-state index contributed by atoms with van der Waals surface area (Å²) >= 11 is 3.59. The largest absolute Gasteiger partial charge is 0.309 e. The Kier molecular flexibility index (Phi) is 7.70. The van der Waals surface area contributed by atoms with Gasteiger partial charge in [0.15, 0.2) is 11.7 Å². The first-order valence-electron chi connectivity index (χ1n) is 19.6. The Morgan fingerprint density at radius 2 is 1.14 bits per heavy atom. The van der Waals surface area contributed by atoms with Crippen molar-refractivity contribution >= 4 is 124 Å². The zero-order chi connectivity index (χ0) is 39.0. The fourth-order valence-electron chi connectivity index (χ4n) is 8.80. The van der Waals surface area contributed by atoms with Gasteiger partial charge >= 0.3 is 0 Å². The molecule has 4 nitrogen and oxygen atoms in total. The molecule has 0 aliphatic carbocycles. The van der Waals surface area contributed by atoms with Gasteiger partial charge in [0.1, 0.15) is 0 Å². The number of fused-ring (bicyclic) bond motifs is 13. The second-order valence-electron chi connectivity index (χ2n) is 14.9. The van der Waals surface area contributed by atoms with E-state index in [1.165, 1.54) is 57.2 Å². The highest BCUT2D eigenvalue weighted by atomic mass is 32.1. The molecule has 276 valence electrons. The predicted molar refractivity (Wildman–Crippen MR) is 255 cm³/mol. The molecule has 12 rings (SSSR count). The molecule has 0 radical (unpaired) electrons. The number of aliphatic imine (C=N–C) groups is 2. The van der Waals surface area contributed by atoms with Crippen LogP contribution in [-0.4, -0.2) is 22.5 Å². The third kappa shape index (κ3) is 5.45. The van der Waals surface area contributed by atoms with Crippen molar-refractivity contribution in [3.63, 3.8) is 0 Å². The van der Waals surface area contributed by atoms with Gasteiger partial charge in [0, 0.05) is 74.1 Å². The van der Waals surface area contributed by atoms with Crippen molar-refractivity contribution in [1.82, 2.24) is 4.57 Å². The van der Waals surface area contributed by atoms with E-state index >= 15 is 0 Å². The van der Waals surface area contributed by atoms with Crippen molar-refractivity contribution in [3.05, 3.63) is 199 Å². The number of para-hydroxylation sites is 2. The fraction of sp³-hybridized carbons (Fsp3) is 0. The summed E-state index contributed by atoms with van der Waals surface area (Å²) in [5.74, 6) is 0.646. The SMILES string of the molecule is N=C(/N=C(\N=C\c1ccccc1)c1ccc2c(ccc3ccccc32)c1)c1cc(-n2c3ccccc3c3ccccc32)cc2c1sc1ccc3c4ccccc4sc3c12. The topological polar surface area (TPSA) is 53.5 Å². The standard InChI is InChI=1S/C53H32N4S2/c54-52(56-53(55-31-32-12-2-1-3-13-32)35-24-25-38-34(28-35)23-22-33-14-4-5-15-37(33)38)44-30-36(57-45-19-9-6-16-39(45)40-17-7-10-20-46(40)57)29-43-49-48(59-50(43)44)27-26-42-41-18-8-11-21-47(41)58-51(42)49/h1-31,54H/b54-52?,55-31+,56-53-. The maximum atomic E-state index is 9.96. The van der Waals surface area contributed by atoms with Gasteiger partial charge in [-0.3, -0.25) is 5.41 Å². The molecule has 59 heavy (non-hydrogen) atoms. The van der Waals surface area contributed by atoms with Crippen molar-refractivity contribution in [2.24, 2.45) is 9.98 Å². The Bertz CT molecular complexity index is 3700. The van der Waals surface area contributed by atoms with Crippen LogP contribution in [0.3, 0.4) is 0 Å². The molecular formula is C53H32N4S2. The Morgan fingerprint density at radius 3 is 1.95 bits per heavy atom. The third-order valence-corrected chi connectivity index (χ3v) is 13.9. The van der Waals surface area contributed by atoms with Crippen LogP contribution in [0.1, 0.15) is 16.7 Å². The molecule has 0 spiro atoms. The molecule has 12 aromatic rings. The minimum atomic E-state index is 0.163. The molecule has 0 aliphatic rings. The van der Waals surface area contributed by atoms with Crippen LogP contribution < -0.4 is 0 Å². The average molecular weight is 789 g/mol. The lowest BCUT2D eigenvalue weighted by atomic mass is 10.00. The van der Waals surface area contributed by atoms with Crippen molar-refractivity contribution in [3.8, 4) is 5.69 Å². The lowest BCUT2D eigenvalue weighted by Crippen LogP contribution is -2.06. The van der Waals surface area contributed by atoms with Gasteiger partial charge in [-0.25, -0.2) is 9.98 Å². The highest BCUT2D eigenvalue weighted by Gasteiger charge is 2.21. The molecule has 0 amide bonds. The van der Waals surface area contributed by atoms with Crippen LogP contribution in [0, 0.1) is 5.41 Å². The fourth-order valence-corrected chi connectivity index (χ4v) is 11.3. The molecule has 0 saturated heterocycles. The Labute approximate surface area is 346 Å². The van der Waals surface area contributed by atoms with Crippen LogP contribution in [0.25, 0.3) is 89.4 Å². The van der Waals surface area contributed by atoms with Crippen LogP contribution in [0.2, 0.25) is 0 Å². The summed E-state index contributed by atoms with van der Waals surface area (Å²) in [6.07, 6.45) is 1.85. The normalized spacial score (nSPS) is 12.5. The number of hydrogen-bond donors (Lipinski definition) is 1. The van der Waals surface area contributed by atoms with Gasteiger partial charge in [0.25, 0.3) is 0 Å². The first-order valence-corrected chi connectivity index (χ1v) is 21.3. The monoisotopic (exact) mass is 788 g/mol. The van der Waals surface area contributed by atoms with E-state index in [9.17, 15) is 5.41 Å². The van der Waals surface area contributed by atoms with Crippen LogP contribution in [-0.2, 0) is 0 Å². The maximum absolute atomic E-state index is 9.96. The first kappa shape index (κ1) is 33.8. The third-order valence-electron chi connectivity index (χ3n) is 11.5. The number of hydrogen-bond acceptors (Lipinski definition) is 3. The van der Waals surface area contributed by atoms with Gasteiger partial charge < -0.3 is 4.57 Å². The van der Waals surface area contributed by atoms with Crippen molar-refractivity contribution in [2.75, 3.05) is 0 Å². The van der Waals surface area contributed by atoms with Crippen LogP contribution >= 0.6 is 22.7 Å². The molecule has 3 heterocycles. The summed E-state index contributed by atoms with van der Waals surface area (Å²) in [5.41, 5.74) is 5.83.